The summed E-state index contributed by atoms with van der Waals surface area (Å²) in [6.07, 6.45) is 12.9. The molecule has 7 rings (SSSR count). The summed E-state index contributed by atoms with van der Waals surface area (Å²) in [5, 5.41) is 12.2. The number of carbonyl (C=O) groups is 1. The monoisotopic (exact) mass is 638 g/mol. The van der Waals surface area contributed by atoms with E-state index in [1.807, 2.05) is 18.2 Å². The van der Waals surface area contributed by atoms with E-state index >= 15 is 0 Å². The minimum Gasteiger partial charge on any atom is -0.338 e. The number of H-pyrrole nitrogens is 2. The van der Waals surface area contributed by atoms with Gasteiger partial charge in [-0.25, -0.2) is 22.5 Å². The van der Waals surface area contributed by atoms with E-state index < -0.39 is 15.8 Å². The number of rotatable bonds is 8. The Bertz CT molecular complexity index is 2210. The van der Waals surface area contributed by atoms with Gasteiger partial charge in [0.25, 0.3) is 0 Å². The van der Waals surface area contributed by atoms with Crippen molar-refractivity contribution in [3.63, 3.8) is 0 Å². The van der Waals surface area contributed by atoms with Gasteiger partial charge in [0.15, 0.2) is 0 Å². The van der Waals surface area contributed by atoms with E-state index in [1.165, 1.54) is 18.6 Å². The second-order valence-electron chi connectivity index (χ2n) is 11.7. The molecular weight excluding hydrogens is 607 g/mol. The highest BCUT2D eigenvalue weighted by atomic mass is 32.2. The Morgan fingerprint density at radius 2 is 1.83 bits per heavy atom. The largest absolute Gasteiger partial charge is 0.338 e. The number of aromatic nitrogens is 6. The smallest absolute Gasteiger partial charge is 0.227 e. The Labute approximate surface area is 264 Å². The number of halogens is 1. The second-order valence-corrected chi connectivity index (χ2v) is 13.6. The Balaban J connectivity index is 1.21. The van der Waals surface area contributed by atoms with Gasteiger partial charge in [-0.1, -0.05) is 19.3 Å². The van der Waals surface area contributed by atoms with Gasteiger partial charge in [-0.15, -0.1) is 0 Å². The van der Waals surface area contributed by atoms with Crippen molar-refractivity contribution in [1.29, 1.82) is 0 Å². The van der Waals surface area contributed by atoms with Crippen LogP contribution in [0.25, 0.3) is 55.7 Å². The molecule has 6 aromatic rings. The van der Waals surface area contributed by atoms with Crippen LogP contribution < -0.4 is 10.0 Å². The molecule has 0 radical (unpaired) electrons. The van der Waals surface area contributed by atoms with Crippen molar-refractivity contribution in [2.75, 3.05) is 11.6 Å². The molecule has 0 spiro atoms. The number of sulfonamides is 1. The predicted molar refractivity (Wildman–Crippen MR) is 174 cm³/mol. The van der Waals surface area contributed by atoms with Crippen molar-refractivity contribution in [3.8, 4) is 33.8 Å². The maximum Gasteiger partial charge on any atom is 0.227 e. The number of amides is 1. The zero-order chi connectivity index (χ0) is 31.8. The number of nitrogens with one attached hydrogen (secondary N) is 4. The lowest BCUT2D eigenvalue weighted by atomic mass is 9.88. The highest BCUT2D eigenvalue weighted by Gasteiger charge is 2.22. The van der Waals surface area contributed by atoms with Crippen molar-refractivity contribution in [1.82, 2.24) is 34.9 Å². The van der Waals surface area contributed by atoms with Crippen LogP contribution in [-0.2, 0) is 21.4 Å². The molecule has 0 aliphatic heterocycles. The summed E-state index contributed by atoms with van der Waals surface area (Å²) in [7, 11) is -3.44. The van der Waals surface area contributed by atoms with Gasteiger partial charge in [0.2, 0.25) is 15.9 Å². The number of benzene rings is 1. The lowest BCUT2D eigenvalue weighted by Gasteiger charge is -2.20. The molecule has 1 aromatic carbocycles. The fraction of sp³-hybridized carbons (Fsp3) is 0.242. The maximum atomic E-state index is 14.6. The number of carbonyl (C=O) groups excluding carboxylic acids is 1. The van der Waals surface area contributed by atoms with Crippen molar-refractivity contribution in [2.24, 2.45) is 5.92 Å². The zero-order valence-corrected chi connectivity index (χ0v) is 25.8. The highest BCUT2D eigenvalue weighted by molar-refractivity contribution is 7.88. The normalized spacial score (nSPS) is 14.2. The number of hydrogen-bond donors (Lipinski definition) is 4. The van der Waals surface area contributed by atoms with Crippen LogP contribution in [0.5, 0.6) is 0 Å². The SMILES string of the molecule is CS(=O)(=O)NCc1cc(F)cc(-c2ccnc3[nH]c(-c4n[nH]c5cnc(-c6cncc(NC(=O)C7CCCCC7)c6)cc45)cc23)c1. The number of fused-ring (bicyclic) bond motifs is 2. The third-order valence-corrected chi connectivity index (χ3v) is 8.99. The van der Waals surface area contributed by atoms with Crippen LogP contribution in [0.2, 0.25) is 0 Å². The molecule has 1 saturated carbocycles. The van der Waals surface area contributed by atoms with Gasteiger partial charge in [-0.2, -0.15) is 5.10 Å². The van der Waals surface area contributed by atoms with E-state index in [-0.39, 0.29) is 18.4 Å². The molecule has 4 N–H and O–H groups in total. The second kappa shape index (κ2) is 12.1. The molecule has 11 nitrogen and oxygen atoms in total. The van der Waals surface area contributed by atoms with E-state index in [0.29, 0.717) is 39.5 Å². The van der Waals surface area contributed by atoms with E-state index in [0.717, 1.165) is 59.4 Å². The summed E-state index contributed by atoms with van der Waals surface area (Å²) in [4.78, 5) is 29.6. The standard InChI is InChI=1S/C33H31FN8O3S/c1-46(44,45)38-15-19-9-21(11-23(34)10-19)25-7-8-36-32-26(25)13-29(40-32)31-27-14-28(37-18-30(27)41-42-31)22-12-24(17-35-16-22)39-33(43)20-5-3-2-4-6-20/h7-14,16-18,20,38H,2-6,15H2,1H3,(H,36,40)(H,39,43)(H,41,42). The molecule has 0 unspecified atom stereocenters. The third kappa shape index (κ3) is 6.24. The third-order valence-electron chi connectivity index (χ3n) is 8.32. The lowest BCUT2D eigenvalue weighted by Crippen LogP contribution is -2.24. The Hall–Kier alpha value is -5.01. The fourth-order valence-corrected chi connectivity index (χ4v) is 6.49. The van der Waals surface area contributed by atoms with E-state index in [2.05, 4.69) is 40.2 Å². The molecule has 0 atom stereocenters. The zero-order valence-electron chi connectivity index (χ0n) is 25.0. The fourth-order valence-electron chi connectivity index (χ4n) is 6.07. The minimum absolute atomic E-state index is 0.0306. The van der Waals surface area contributed by atoms with Crippen LogP contribution in [-0.4, -0.2) is 50.7 Å². The van der Waals surface area contributed by atoms with Gasteiger partial charge in [0.05, 0.1) is 41.2 Å². The quantitative estimate of drug-likeness (QED) is 0.161. The molecule has 1 aliphatic carbocycles. The number of nitrogens with zero attached hydrogens (tertiary/aromatic N) is 4. The van der Waals surface area contributed by atoms with Crippen LogP contribution in [0.15, 0.2) is 67.3 Å². The molecule has 46 heavy (non-hydrogen) atoms. The van der Waals surface area contributed by atoms with Crippen LogP contribution in [0.4, 0.5) is 10.1 Å². The molecule has 1 fully saturated rings. The van der Waals surface area contributed by atoms with Gasteiger partial charge >= 0.3 is 0 Å². The number of aromatic amines is 2. The molecule has 5 aromatic heterocycles. The number of anilines is 1. The van der Waals surface area contributed by atoms with Crippen molar-refractivity contribution >= 4 is 43.6 Å². The van der Waals surface area contributed by atoms with E-state index in [4.69, 9.17) is 0 Å². The van der Waals surface area contributed by atoms with Crippen molar-refractivity contribution < 1.29 is 17.6 Å². The molecule has 13 heteroatoms. The summed E-state index contributed by atoms with van der Waals surface area (Å²) in [5.41, 5.74) is 6.52. The Kier molecular flexibility index (Phi) is 7.79. The summed E-state index contributed by atoms with van der Waals surface area (Å²) in [6, 6.07) is 12.0. The van der Waals surface area contributed by atoms with Crippen LogP contribution in [0, 0.1) is 11.7 Å². The number of pyridine rings is 3. The maximum absolute atomic E-state index is 14.6. The van der Waals surface area contributed by atoms with Crippen LogP contribution in [0.1, 0.15) is 37.7 Å². The van der Waals surface area contributed by atoms with Gasteiger partial charge in [0, 0.05) is 41.2 Å². The summed E-state index contributed by atoms with van der Waals surface area (Å²) in [6.45, 7) is -0.0306. The highest BCUT2D eigenvalue weighted by Crippen LogP contribution is 2.35. The number of hydrogen-bond acceptors (Lipinski definition) is 7. The first-order chi connectivity index (χ1) is 22.2. The Morgan fingerprint density at radius 3 is 2.65 bits per heavy atom. The van der Waals surface area contributed by atoms with Crippen LogP contribution >= 0.6 is 0 Å². The average Bonchev–Trinajstić information content (AvgIpc) is 3.68. The van der Waals surface area contributed by atoms with Crippen molar-refractivity contribution in [3.05, 3.63) is 78.6 Å². The molecule has 234 valence electrons. The first kappa shape index (κ1) is 29.7. The molecule has 0 bridgehead atoms. The molecule has 1 amide bonds. The molecule has 5 heterocycles. The predicted octanol–water partition coefficient (Wildman–Crippen LogP) is 5.94. The topological polar surface area (TPSA) is 158 Å². The first-order valence-electron chi connectivity index (χ1n) is 15.0. The van der Waals surface area contributed by atoms with E-state index in [9.17, 15) is 17.6 Å². The lowest BCUT2D eigenvalue weighted by molar-refractivity contribution is -0.120. The van der Waals surface area contributed by atoms with Gasteiger partial charge < -0.3 is 10.3 Å². The average molecular weight is 639 g/mol. The van der Waals surface area contributed by atoms with Crippen LogP contribution in [0.3, 0.4) is 0 Å². The Morgan fingerprint density at radius 1 is 0.978 bits per heavy atom. The minimum atomic E-state index is -3.44. The molecule has 1 aliphatic rings. The van der Waals surface area contributed by atoms with E-state index in [1.54, 1.807) is 36.9 Å². The molecular formula is C33H31FN8O3S. The summed E-state index contributed by atoms with van der Waals surface area (Å²) < 4.78 is 40.2. The van der Waals surface area contributed by atoms with Crippen molar-refractivity contribution in [2.45, 2.75) is 38.6 Å². The van der Waals surface area contributed by atoms with Gasteiger partial charge in [-0.3, -0.25) is 19.9 Å². The summed E-state index contributed by atoms with van der Waals surface area (Å²) in [5.74, 6) is -0.411. The van der Waals surface area contributed by atoms with Gasteiger partial charge in [0.1, 0.15) is 17.2 Å². The van der Waals surface area contributed by atoms with Gasteiger partial charge in [-0.05, 0) is 72.0 Å². The first-order valence-corrected chi connectivity index (χ1v) is 16.9. The summed E-state index contributed by atoms with van der Waals surface area (Å²) >= 11 is 0. The molecule has 0 saturated heterocycles.